The molecule has 102 valence electrons. The lowest BCUT2D eigenvalue weighted by molar-refractivity contribution is -0.297. The topological polar surface area (TPSA) is 49.4 Å². The molecule has 20 heavy (non-hydrogen) atoms. The monoisotopic (exact) mass is 287 g/mol. The Labute approximate surface area is 122 Å². The average Bonchev–Trinajstić information content (AvgIpc) is 2.45. The highest BCUT2D eigenvalue weighted by atomic mass is 35.5. The molecule has 0 unspecified atom stereocenters. The molecule has 3 nitrogen and oxygen atoms in total. The molecule has 0 saturated heterocycles. The van der Waals surface area contributed by atoms with Crippen molar-refractivity contribution in [2.75, 3.05) is 0 Å². The normalized spacial score (nSPS) is 10.7. The predicted molar refractivity (Wildman–Crippen MR) is 76.3 cm³/mol. The molecule has 2 aromatic rings. The molecular weight excluding hydrogens is 276 g/mol. The van der Waals surface area contributed by atoms with Gasteiger partial charge in [-0.1, -0.05) is 48.0 Å². The first kappa shape index (κ1) is 14.2. The summed E-state index contributed by atoms with van der Waals surface area (Å²) in [5.74, 6) is -0.528. The number of carboxylic acids is 1. The zero-order valence-electron chi connectivity index (χ0n) is 10.6. The zero-order chi connectivity index (χ0) is 14.4. The molecule has 0 spiro atoms. The summed E-state index contributed by atoms with van der Waals surface area (Å²) in [4.78, 5) is 10.3. The molecule has 0 bridgehead atoms. The minimum Gasteiger partial charge on any atom is -0.545 e. The first-order valence-corrected chi connectivity index (χ1v) is 6.38. The van der Waals surface area contributed by atoms with E-state index in [4.69, 9.17) is 16.3 Å². The van der Waals surface area contributed by atoms with Crippen LogP contribution in [0.1, 0.15) is 11.1 Å². The van der Waals surface area contributed by atoms with Crippen molar-refractivity contribution in [2.24, 2.45) is 0 Å². The minimum atomic E-state index is -1.22. The summed E-state index contributed by atoms with van der Waals surface area (Å²) in [7, 11) is 0. The molecule has 0 aromatic heterocycles. The van der Waals surface area contributed by atoms with Gasteiger partial charge in [-0.25, -0.2) is 0 Å². The average molecular weight is 288 g/mol. The summed E-state index contributed by atoms with van der Waals surface area (Å²) in [6.45, 7) is 0.383. The van der Waals surface area contributed by atoms with Gasteiger partial charge in [0.05, 0.1) is 5.97 Å². The summed E-state index contributed by atoms with van der Waals surface area (Å²) in [5, 5.41) is 11.0. The molecule has 0 heterocycles. The van der Waals surface area contributed by atoms with Crippen LogP contribution < -0.4 is 9.84 Å². The predicted octanol–water partition coefficient (Wildman–Crippen LogP) is 2.68. The molecule has 0 N–H and O–H groups in total. The van der Waals surface area contributed by atoms with Crippen molar-refractivity contribution in [3.05, 3.63) is 70.8 Å². The van der Waals surface area contributed by atoms with E-state index in [-0.39, 0.29) is 0 Å². The summed E-state index contributed by atoms with van der Waals surface area (Å²) in [6, 6.07) is 14.6. The number of ether oxygens (including phenoxy) is 1. The van der Waals surface area contributed by atoms with Gasteiger partial charge < -0.3 is 14.6 Å². The second-order valence-corrected chi connectivity index (χ2v) is 4.51. The van der Waals surface area contributed by atoms with Crippen LogP contribution in [-0.2, 0) is 11.4 Å². The molecule has 0 aliphatic heterocycles. The van der Waals surface area contributed by atoms with E-state index in [0.717, 1.165) is 17.2 Å². The van der Waals surface area contributed by atoms with Crippen molar-refractivity contribution in [2.45, 2.75) is 6.61 Å². The number of benzene rings is 2. The number of hydrogen-bond acceptors (Lipinski definition) is 3. The SMILES string of the molecule is O=C([O-])/C=C/c1ccc(OCc2ccccc2Cl)cc1. The van der Waals surface area contributed by atoms with Gasteiger partial charge in [-0.2, -0.15) is 0 Å². The highest BCUT2D eigenvalue weighted by Crippen LogP contribution is 2.19. The van der Waals surface area contributed by atoms with Crippen LogP contribution in [0.2, 0.25) is 5.02 Å². The number of halogens is 1. The van der Waals surface area contributed by atoms with Crippen LogP contribution in [0, 0.1) is 0 Å². The minimum absolute atomic E-state index is 0.383. The Morgan fingerprint density at radius 2 is 1.85 bits per heavy atom. The van der Waals surface area contributed by atoms with Crippen LogP contribution in [0.3, 0.4) is 0 Å². The maximum Gasteiger partial charge on any atom is 0.119 e. The van der Waals surface area contributed by atoms with Gasteiger partial charge >= 0.3 is 0 Å². The van der Waals surface area contributed by atoms with Crippen LogP contribution >= 0.6 is 11.6 Å². The van der Waals surface area contributed by atoms with Crippen molar-refractivity contribution in [3.63, 3.8) is 0 Å². The quantitative estimate of drug-likeness (QED) is 0.795. The lowest BCUT2D eigenvalue weighted by Crippen LogP contribution is -2.18. The standard InChI is InChI=1S/C16H13ClO3/c17-15-4-2-1-3-13(15)11-20-14-8-5-12(6-9-14)7-10-16(18)19/h1-10H,11H2,(H,18,19)/p-1/b10-7+. The van der Waals surface area contributed by atoms with Crippen LogP contribution in [0.25, 0.3) is 6.08 Å². The van der Waals surface area contributed by atoms with Crippen LogP contribution in [0.5, 0.6) is 5.75 Å². The van der Waals surface area contributed by atoms with Gasteiger partial charge in [0.1, 0.15) is 12.4 Å². The fourth-order valence-corrected chi connectivity index (χ4v) is 1.81. The number of aliphatic carboxylic acids is 1. The van der Waals surface area contributed by atoms with E-state index in [1.165, 1.54) is 6.08 Å². The maximum atomic E-state index is 10.3. The van der Waals surface area contributed by atoms with Gasteiger partial charge in [-0.05, 0) is 29.8 Å². The highest BCUT2D eigenvalue weighted by Gasteiger charge is 2.00. The Bertz CT molecular complexity index is 618. The fraction of sp³-hybridized carbons (Fsp3) is 0.0625. The van der Waals surface area contributed by atoms with Crippen LogP contribution in [-0.4, -0.2) is 5.97 Å². The fourth-order valence-electron chi connectivity index (χ4n) is 1.62. The van der Waals surface area contributed by atoms with E-state index in [1.54, 1.807) is 24.3 Å². The third-order valence-electron chi connectivity index (χ3n) is 2.64. The molecule has 2 aromatic carbocycles. The van der Waals surface area contributed by atoms with Gasteiger partial charge in [0.25, 0.3) is 0 Å². The van der Waals surface area contributed by atoms with Gasteiger partial charge in [0.2, 0.25) is 0 Å². The van der Waals surface area contributed by atoms with E-state index in [1.807, 2.05) is 24.3 Å². The smallest absolute Gasteiger partial charge is 0.119 e. The first-order chi connectivity index (χ1) is 9.65. The molecule has 0 saturated carbocycles. The number of hydrogen-bond donors (Lipinski definition) is 0. The molecule has 4 heteroatoms. The van der Waals surface area contributed by atoms with E-state index in [2.05, 4.69) is 0 Å². The number of carbonyl (C=O) groups excluding carboxylic acids is 1. The summed E-state index contributed by atoms with van der Waals surface area (Å²) < 4.78 is 5.62. The Balaban J connectivity index is 1.97. The highest BCUT2D eigenvalue weighted by molar-refractivity contribution is 6.31. The van der Waals surface area contributed by atoms with Gasteiger partial charge in [0.15, 0.2) is 0 Å². The largest absolute Gasteiger partial charge is 0.545 e. The maximum absolute atomic E-state index is 10.3. The number of carboxylic acid groups (broad SMARTS) is 1. The lowest BCUT2D eigenvalue weighted by Gasteiger charge is -2.07. The molecule has 0 amide bonds. The molecule has 0 fully saturated rings. The van der Waals surface area contributed by atoms with Crippen LogP contribution in [0.15, 0.2) is 54.6 Å². The van der Waals surface area contributed by atoms with E-state index < -0.39 is 5.97 Å². The molecule has 0 atom stereocenters. The van der Waals surface area contributed by atoms with E-state index in [9.17, 15) is 9.90 Å². The van der Waals surface area contributed by atoms with Crippen LogP contribution in [0.4, 0.5) is 0 Å². The second kappa shape index (κ2) is 6.78. The van der Waals surface area contributed by atoms with Gasteiger partial charge in [0, 0.05) is 10.6 Å². The van der Waals surface area contributed by atoms with E-state index >= 15 is 0 Å². The Morgan fingerprint density at radius 3 is 2.50 bits per heavy atom. The van der Waals surface area contributed by atoms with Crippen molar-refractivity contribution in [1.82, 2.24) is 0 Å². The molecule has 2 rings (SSSR count). The van der Waals surface area contributed by atoms with E-state index in [0.29, 0.717) is 17.4 Å². The Hall–Kier alpha value is -2.26. The molecule has 0 aliphatic carbocycles. The Kier molecular flexibility index (Phi) is 4.80. The van der Waals surface area contributed by atoms with Crippen molar-refractivity contribution < 1.29 is 14.6 Å². The number of rotatable bonds is 5. The number of carbonyl (C=O) groups is 1. The Morgan fingerprint density at radius 1 is 1.15 bits per heavy atom. The molecular formula is C16H12ClO3-. The van der Waals surface area contributed by atoms with Crippen molar-refractivity contribution in [1.29, 1.82) is 0 Å². The third-order valence-corrected chi connectivity index (χ3v) is 3.01. The molecule has 0 radical (unpaired) electrons. The second-order valence-electron chi connectivity index (χ2n) is 4.10. The summed E-state index contributed by atoms with van der Waals surface area (Å²) >= 11 is 6.04. The summed E-state index contributed by atoms with van der Waals surface area (Å²) in [6.07, 6.45) is 2.45. The van der Waals surface area contributed by atoms with Gasteiger partial charge in [-0.15, -0.1) is 0 Å². The lowest BCUT2D eigenvalue weighted by atomic mass is 10.2. The molecule has 0 aliphatic rings. The summed E-state index contributed by atoms with van der Waals surface area (Å²) in [5.41, 5.74) is 1.68. The van der Waals surface area contributed by atoms with Gasteiger partial charge in [-0.3, -0.25) is 0 Å². The van der Waals surface area contributed by atoms with Crippen molar-refractivity contribution in [3.8, 4) is 5.75 Å². The zero-order valence-corrected chi connectivity index (χ0v) is 11.3. The first-order valence-electron chi connectivity index (χ1n) is 6.00. The third kappa shape index (κ3) is 4.14. The van der Waals surface area contributed by atoms with Crippen molar-refractivity contribution >= 4 is 23.6 Å².